The van der Waals surface area contributed by atoms with Crippen molar-refractivity contribution in [3.63, 3.8) is 0 Å². The molecule has 0 bridgehead atoms. The average molecular weight is 355 g/mol. The topological polar surface area (TPSA) is 83.8 Å². The summed E-state index contributed by atoms with van der Waals surface area (Å²) in [6.07, 6.45) is 0.468. The normalized spacial score (nSPS) is 10.3. The molecule has 0 radical (unpaired) electrons. The average Bonchev–Trinajstić information content (AvgIpc) is 2.49. The smallest absolute Gasteiger partial charge is 0.335 e. The first-order valence-electron chi connectivity index (χ1n) is 6.55. The van der Waals surface area contributed by atoms with Crippen LogP contribution in [-0.2, 0) is 6.42 Å². The zero-order chi connectivity index (χ0) is 17.0. The van der Waals surface area contributed by atoms with Gasteiger partial charge in [-0.2, -0.15) is 0 Å². The molecule has 2 aromatic carbocycles. The fourth-order valence-electron chi connectivity index (χ4n) is 1.93. The van der Waals surface area contributed by atoms with Crippen LogP contribution < -0.4 is 4.74 Å². The van der Waals surface area contributed by atoms with Gasteiger partial charge in [0.15, 0.2) is 0 Å². The molecule has 120 valence electrons. The molecule has 0 spiro atoms. The van der Waals surface area contributed by atoms with Gasteiger partial charge in [0.05, 0.1) is 17.7 Å². The number of hydrogen-bond donors (Lipinski definition) is 2. The molecule has 0 unspecified atom stereocenters. The molecule has 0 aliphatic heterocycles. The fraction of sp³-hybridized carbons (Fsp3) is 0.125. The first-order chi connectivity index (χ1) is 10.9. The van der Waals surface area contributed by atoms with Crippen molar-refractivity contribution < 1.29 is 24.5 Å². The minimum atomic E-state index is -1.22. The Labute approximate surface area is 142 Å². The molecule has 0 heterocycles. The summed E-state index contributed by atoms with van der Waals surface area (Å²) in [5.41, 5.74) is 0.526. The zero-order valence-electron chi connectivity index (χ0n) is 11.8. The van der Waals surface area contributed by atoms with E-state index in [0.717, 1.165) is 11.6 Å². The number of carboxylic acids is 2. The summed E-state index contributed by atoms with van der Waals surface area (Å²) < 4.78 is 5.46. The highest BCUT2D eigenvalue weighted by Gasteiger charge is 2.12. The summed E-state index contributed by atoms with van der Waals surface area (Å²) in [5.74, 6) is -2.27. The van der Waals surface area contributed by atoms with Gasteiger partial charge in [-0.1, -0.05) is 29.3 Å². The Bertz CT molecular complexity index is 726. The quantitative estimate of drug-likeness (QED) is 0.818. The lowest BCUT2D eigenvalue weighted by Crippen LogP contribution is -2.06. The monoisotopic (exact) mass is 354 g/mol. The summed E-state index contributed by atoms with van der Waals surface area (Å²) >= 11 is 11.9. The lowest BCUT2D eigenvalue weighted by atomic mass is 10.1. The number of hydrogen-bond acceptors (Lipinski definition) is 3. The van der Waals surface area contributed by atoms with Crippen LogP contribution >= 0.6 is 23.2 Å². The van der Waals surface area contributed by atoms with E-state index < -0.39 is 11.9 Å². The van der Waals surface area contributed by atoms with Crippen molar-refractivity contribution in [2.24, 2.45) is 0 Å². The molecule has 0 saturated heterocycles. The molecule has 0 aliphatic rings. The van der Waals surface area contributed by atoms with Crippen LogP contribution in [0.5, 0.6) is 5.75 Å². The molecule has 0 amide bonds. The van der Waals surface area contributed by atoms with E-state index in [4.69, 9.17) is 38.2 Å². The second-order valence-corrected chi connectivity index (χ2v) is 5.53. The lowest BCUT2D eigenvalue weighted by molar-refractivity contribution is 0.0696. The molecule has 0 fully saturated rings. The third kappa shape index (κ3) is 4.61. The van der Waals surface area contributed by atoms with Gasteiger partial charge in [0, 0.05) is 16.5 Å². The summed E-state index contributed by atoms with van der Waals surface area (Å²) in [4.78, 5) is 22.0. The van der Waals surface area contributed by atoms with E-state index in [1.165, 1.54) is 12.1 Å². The fourth-order valence-corrected chi connectivity index (χ4v) is 2.44. The number of rotatable bonds is 6. The molecule has 0 aromatic heterocycles. The Hall–Kier alpha value is -2.24. The molecule has 0 atom stereocenters. The molecule has 5 nitrogen and oxygen atoms in total. The maximum atomic E-state index is 11.0. The van der Waals surface area contributed by atoms with Gasteiger partial charge in [-0.3, -0.25) is 0 Å². The molecule has 23 heavy (non-hydrogen) atoms. The van der Waals surface area contributed by atoms with Gasteiger partial charge in [-0.15, -0.1) is 0 Å². The number of ether oxygens (including phenoxy) is 1. The molecular weight excluding hydrogens is 343 g/mol. The van der Waals surface area contributed by atoms with Crippen LogP contribution in [0.2, 0.25) is 10.0 Å². The summed E-state index contributed by atoms with van der Waals surface area (Å²) in [7, 11) is 0. The van der Waals surface area contributed by atoms with Crippen molar-refractivity contribution in [2.75, 3.05) is 6.61 Å². The van der Waals surface area contributed by atoms with Crippen molar-refractivity contribution >= 4 is 35.1 Å². The SMILES string of the molecule is O=C(O)c1cc(OCCc2ccc(Cl)cc2Cl)cc(C(=O)O)c1. The lowest BCUT2D eigenvalue weighted by Gasteiger charge is -2.09. The molecule has 0 saturated carbocycles. The van der Waals surface area contributed by atoms with E-state index in [1.54, 1.807) is 18.2 Å². The molecule has 7 heteroatoms. The van der Waals surface area contributed by atoms with E-state index in [-0.39, 0.29) is 23.5 Å². The summed E-state index contributed by atoms with van der Waals surface area (Å²) in [6.45, 7) is 0.212. The van der Waals surface area contributed by atoms with Crippen LogP contribution in [0.3, 0.4) is 0 Å². The second-order valence-electron chi connectivity index (χ2n) is 4.69. The highest BCUT2D eigenvalue weighted by Crippen LogP contribution is 2.22. The van der Waals surface area contributed by atoms with Crippen LogP contribution in [0.4, 0.5) is 0 Å². The van der Waals surface area contributed by atoms with Gasteiger partial charge in [0.25, 0.3) is 0 Å². The number of carboxylic acid groups (broad SMARTS) is 2. The van der Waals surface area contributed by atoms with Gasteiger partial charge in [-0.25, -0.2) is 9.59 Å². The largest absolute Gasteiger partial charge is 0.493 e. The van der Waals surface area contributed by atoms with E-state index in [0.29, 0.717) is 16.5 Å². The van der Waals surface area contributed by atoms with Crippen molar-refractivity contribution in [2.45, 2.75) is 6.42 Å². The number of halogens is 2. The Morgan fingerprint density at radius 1 is 0.957 bits per heavy atom. The van der Waals surface area contributed by atoms with Crippen LogP contribution in [0.1, 0.15) is 26.3 Å². The van der Waals surface area contributed by atoms with Gasteiger partial charge in [-0.05, 0) is 35.9 Å². The highest BCUT2D eigenvalue weighted by atomic mass is 35.5. The Kier molecular flexibility index (Phi) is 5.47. The minimum Gasteiger partial charge on any atom is -0.493 e. The number of aromatic carboxylic acids is 2. The molecular formula is C16H12Cl2O5. The van der Waals surface area contributed by atoms with Crippen LogP contribution in [0.15, 0.2) is 36.4 Å². The van der Waals surface area contributed by atoms with E-state index in [9.17, 15) is 9.59 Å². The molecule has 2 aromatic rings. The van der Waals surface area contributed by atoms with Crippen molar-refractivity contribution in [3.8, 4) is 5.75 Å². The molecule has 2 N–H and O–H groups in total. The Morgan fingerprint density at radius 3 is 2.09 bits per heavy atom. The second kappa shape index (κ2) is 7.35. The van der Waals surface area contributed by atoms with Crippen molar-refractivity contribution in [1.29, 1.82) is 0 Å². The minimum absolute atomic E-state index is 0.149. The van der Waals surface area contributed by atoms with Crippen LogP contribution in [0.25, 0.3) is 0 Å². The highest BCUT2D eigenvalue weighted by molar-refractivity contribution is 6.35. The van der Waals surface area contributed by atoms with Crippen LogP contribution in [0, 0.1) is 0 Å². The maximum Gasteiger partial charge on any atom is 0.335 e. The number of carbonyl (C=O) groups is 2. The Balaban J connectivity index is 2.10. The van der Waals surface area contributed by atoms with E-state index in [2.05, 4.69) is 0 Å². The van der Waals surface area contributed by atoms with Gasteiger partial charge >= 0.3 is 11.9 Å². The Morgan fingerprint density at radius 2 is 1.57 bits per heavy atom. The third-order valence-corrected chi connectivity index (χ3v) is 3.64. The van der Waals surface area contributed by atoms with Crippen molar-refractivity contribution in [1.82, 2.24) is 0 Å². The predicted octanol–water partition coefficient (Wildman–Crippen LogP) is 4.01. The van der Waals surface area contributed by atoms with E-state index in [1.807, 2.05) is 0 Å². The van der Waals surface area contributed by atoms with Crippen molar-refractivity contribution in [3.05, 3.63) is 63.1 Å². The van der Waals surface area contributed by atoms with Gasteiger partial charge < -0.3 is 14.9 Å². The van der Waals surface area contributed by atoms with Gasteiger partial charge in [0.1, 0.15) is 5.75 Å². The predicted molar refractivity (Wildman–Crippen MR) is 86.0 cm³/mol. The zero-order valence-corrected chi connectivity index (χ0v) is 13.3. The van der Waals surface area contributed by atoms with Crippen LogP contribution in [-0.4, -0.2) is 28.8 Å². The first-order valence-corrected chi connectivity index (χ1v) is 7.31. The molecule has 0 aliphatic carbocycles. The number of benzene rings is 2. The molecule has 2 rings (SSSR count). The summed E-state index contributed by atoms with van der Waals surface area (Å²) in [6, 6.07) is 8.72. The van der Waals surface area contributed by atoms with E-state index >= 15 is 0 Å². The standard InChI is InChI=1S/C16H12Cl2O5/c17-12-2-1-9(14(18)8-12)3-4-23-13-6-10(15(19)20)5-11(7-13)16(21)22/h1-2,5-8H,3-4H2,(H,19,20)(H,21,22). The first kappa shape index (κ1) is 17.1. The maximum absolute atomic E-state index is 11.0. The van der Waals surface area contributed by atoms with Gasteiger partial charge in [0.2, 0.25) is 0 Å². The summed E-state index contributed by atoms with van der Waals surface area (Å²) in [5, 5.41) is 19.0. The third-order valence-electron chi connectivity index (χ3n) is 3.06.